The van der Waals surface area contributed by atoms with Crippen molar-refractivity contribution in [2.75, 3.05) is 13.7 Å². The van der Waals surface area contributed by atoms with Crippen molar-refractivity contribution in [1.82, 2.24) is 4.57 Å². The second-order valence-corrected chi connectivity index (χ2v) is 12.6. The zero-order valence-electron chi connectivity index (χ0n) is 23.9. The first kappa shape index (κ1) is 31.1. The van der Waals surface area contributed by atoms with E-state index in [1.807, 2.05) is 45.9 Å². The van der Waals surface area contributed by atoms with Gasteiger partial charge in [-0.1, -0.05) is 33.3 Å². The predicted octanol–water partition coefficient (Wildman–Crippen LogP) is 5.91. The molecule has 0 radical (unpaired) electrons. The van der Waals surface area contributed by atoms with Crippen molar-refractivity contribution >= 4 is 55.2 Å². The Morgan fingerprint density at radius 2 is 1.80 bits per heavy atom. The monoisotopic (exact) mass is 706 g/mol. The van der Waals surface area contributed by atoms with Gasteiger partial charge in [0, 0.05) is 10.0 Å². The van der Waals surface area contributed by atoms with Crippen LogP contribution in [0.25, 0.3) is 6.08 Å². The second kappa shape index (κ2) is 13.0. The number of carbonyl (C=O) groups excluding carboxylic acids is 1. The molecule has 4 rings (SSSR count). The number of thiazole rings is 1. The molecule has 0 aliphatic carbocycles. The van der Waals surface area contributed by atoms with Gasteiger partial charge in [-0.2, -0.15) is 0 Å². The molecule has 0 bridgehead atoms. The molecule has 0 amide bonds. The Hall–Kier alpha value is -2.89. The van der Waals surface area contributed by atoms with Crippen LogP contribution in [0, 0.1) is 0 Å². The molecule has 8 nitrogen and oxygen atoms in total. The number of aromatic nitrogens is 1. The molecule has 2 heterocycles. The molecule has 3 aromatic rings. The zero-order valence-corrected chi connectivity index (χ0v) is 27.9. The van der Waals surface area contributed by atoms with Gasteiger partial charge >= 0.3 is 5.97 Å². The van der Waals surface area contributed by atoms with Gasteiger partial charge in [-0.25, -0.2) is 9.79 Å². The van der Waals surface area contributed by atoms with Gasteiger partial charge in [-0.15, -0.1) is 0 Å². The maximum absolute atomic E-state index is 14.1. The average molecular weight is 708 g/mol. The van der Waals surface area contributed by atoms with Gasteiger partial charge in [0.2, 0.25) is 0 Å². The maximum Gasteiger partial charge on any atom is 0.338 e. The van der Waals surface area contributed by atoms with Gasteiger partial charge in [-0.05, 0) is 93.4 Å². The summed E-state index contributed by atoms with van der Waals surface area (Å²) in [4.78, 5) is 32.5. The minimum atomic E-state index is -0.782. The molecule has 0 saturated heterocycles. The molecule has 0 N–H and O–H groups in total. The van der Waals surface area contributed by atoms with Gasteiger partial charge in [0.15, 0.2) is 16.3 Å². The minimum absolute atomic E-state index is 0.0627. The van der Waals surface area contributed by atoms with Crippen LogP contribution in [-0.2, 0) is 9.53 Å². The summed E-state index contributed by atoms with van der Waals surface area (Å²) in [6.45, 7) is 11.4. The molecule has 1 aliphatic heterocycles. The summed E-state index contributed by atoms with van der Waals surface area (Å²) in [5, 5.41) is 0. The molecular weight excluding hydrogens is 676 g/mol. The summed E-state index contributed by atoms with van der Waals surface area (Å²) in [5.41, 5.74) is 1.87. The number of hydrogen-bond acceptors (Lipinski definition) is 8. The molecule has 2 aromatic carbocycles. The molecule has 1 atom stereocenters. The minimum Gasteiger partial charge on any atom is -0.493 e. The van der Waals surface area contributed by atoms with E-state index in [2.05, 4.69) is 36.9 Å². The highest BCUT2D eigenvalue weighted by atomic mass is 79.9. The molecule has 218 valence electrons. The fourth-order valence-electron chi connectivity index (χ4n) is 4.50. The topological polar surface area (TPSA) is 88.4 Å². The van der Waals surface area contributed by atoms with Crippen molar-refractivity contribution in [3.63, 3.8) is 0 Å². The fraction of sp³-hybridized carbons (Fsp3) is 0.367. The van der Waals surface area contributed by atoms with E-state index in [1.54, 1.807) is 43.7 Å². The van der Waals surface area contributed by atoms with Crippen molar-refractivity contribution in [3.05, 3.63) is 81.4 Å². The number of rotatable bonds is 9. The number of hydrogen-bond donors (Lipinski definition) is 0. The van der Waals surface area contributed by atoms with Gasteiger partial charge < -0.3 is 18.9 Å². The Balaban J connectivity index is 1.97. The number of halogens is 2. The number of benzene rings is 2. The summed E-state index contributed by atoms with van der Waals surface area (Å²) in [5.74, 6) is 1.15. The summed E-state index contributed by atoms with van der Waals surface area (Å²) < 4.78 is 26.6. The molecule has 0 fully saturated rings. The highest BCUT2D eigenvalue weighted by molar-refractivity contribution is 9.11. The van der Waals surface area contributed by atoms with E-state index in [0.29, 0.717) is 43.4 Å². The van der Waals surface area contributed by atoms with Crippen LogP contribution in [0.2, 0.25) is 0 Å². The molecule has 11 heteroatoms. The standard InChI is InChI=1S/C30H32Br2N2O6S/c1-8-38-29(36)25-17(6)33-30-34(26(25)18-9-10-22(39-15(2)3)23(12-18)37-7)28(35)24(41-30)13-19-11-20(31)14-21(32)27(19)40-16(4)5/h9-16,26H,8H2,1-7H3/b24-13+/t26-/m0/s1. The third-order valence-corrected chi connectivity index (χ3v) is 8.09. The zero-order chi connectivity index (χ0) is 30.0. The molecule has 0 spiro atoms. The third-order valence-electron chi connectivity index (χ3n) is 6.06. The Labute approximate surface area is 259 Å². The van der Waals surface area contributed by atoms with E-state index in [1.165, 1.54) is 11.3 Å². The Kier molecular flexibility index (Phi) is 9.81. The van der Waals surface area contributed by atoms with E-state index >= 15 is 0 Å². The summed E-state index contributed by atoms with van der Waals surface area (Å²) in [6, 6.07) is 8.42. The first-order valence-electron chi connectivity index (χ1n) is 13.1. The van der Waals surface area contributed by atoms with E-state index in [9.17, 15) is 9.59 Å². The van der Waals surface area contributed by atoms with Crippen molar-refractivity contribution in [1.29, 1.82) is 0 Å². The van der Waals surface area contributed by atoms with Gasteiger partial charge in [0.25, 0.3) is 5.56 Å². The number of carbonyl (C=O) groups is 1. The highest BCUT2D eigenvalue weighted by Crippen LogP contribution is 2.37. The lowest BCUT2D eigenvalue weighted by atomic mass is 9.95. The second-order valence-electron chi connectivity index (χ2n) is 9.85. The lowest BCUT2D eigenvalue weighted by Gasteiger charge is -2.25. The van der Waals surface area contributed by atoms with E-state index in [-0.39, 0.29) is 24.4 Å². The first-order chi connectivity index (χ1) is 19.4. The van der Waals surface area contributed by atoms with Crippen LogP contribution >= 0.6 is 43.2 Å². The van der Waals surface area contributed by atoms with E-state index in [4.69, 9.17) is 18.9 Å². The molecule has 1 aromatic heterocycles. The van der Waals surface area contributed by atoms with Crippen LogP contribution < -0.4 is 29.1 Å². The molecule has 0 saturated carbocycles. The van der Waals surface area contributed by atoms with Gasteiger partial charge in [0.05, 0.1) is 52.2 Å². The summed E-state index contributed by atoms with van der Waals surface area (Å²) in [6.07, 6.45) is 1.65. The van der Waals surface area contributed by atoms with Crippen LogP contribution in [-0.4, -0.2) is 36.5 Å². The number of methoxy groups -OCH3 is 1. The Morgan fingerprint density at radius 1 is 1.10 bits per heavy atom. The van der Waals surface area contributed by atoms with Crippen LogP contribution in [0.5, 0.6) is 17.2 Å². The van der Waals surface area contributed by atoms with Crippen molar-refractivity contribution in [2.24, 2.45) is 4.99 Å². The van der Waals surface area contributed by atoms with E-state index < -0.39 is 12.0 Å². The fourth-order valence-corrected chi connectivity index (χ4v) is 6.89. The lowest BCUT2D eigenvalue weighted by molar-refractivity contribution is -0.139. The van der Waals surface area contributed by atoms with Crippen LogP contribution in [0.3, 0.4) is 0 Å². The number of esters is 1. The molecular formula is C30H32Br2N2O6S. The largest absolute Gasteiger partial charge is 0.493 e. The Morgan fingerprint density at radius 3 is 2.44 bits per heavy atom. The van der Waals surface area contributed by atoms with E-state index in [0.717, 1.165) is 14.5 Å². The quantitative estimate of drug-likeness (QED) is 0.257. The smallest absolute Gasteiger partial charge is 0.338 e. The van der Waals surface area contributed by atoms with Crippen LogP contribution in [0.4, 0.5) is 0 Å². The van der Waals surface area contributed by atoms with Crippen molar-refractivity contribution in [3.8, 4) is 17.2 Å². The van der Waals surface area contributed by atoms with Gasteiger partial charge in [0.1, 0.15) is 5.75 Å². The van der Waals surface area contributed by atoms with Crippen molar-refractivity contribution in [2.45, 2.75) is 59.8 Å². The number of fused-ring (bicyclic) bond motifs is 1. The lowest BCUT2D eigenvalue weighted by Crippen LogP contribution is -2.40. The van der Waals surface area contributed by atoms with Crippen LogP contribution in [0.1, 0.15) is 58.7 Å². The third kappa shape index (κ3) is 6.62. The number of ether oxygens (including phenoxy) is 4. The summed E-state index contributed by atoms with van der Waals surface area (Å²) in [7, 11) is 1.55. The molecule has 41 heavy (non-hydrogen) atoms. The normalized spacial score (nSPS) is 15.2. The van der Waals surface area contributed by atoms with Crippen molar-refractivity contribution < 1.29 is 23.7 Å². The number of allylic oxidation sites excluding steroid dienone is 1. The molecule has 1 aliphatic rings. The summed E-state index contributed by atoms with van der Waals surface area (Å²) >= 11 is 8.37. The molecule has 0 unspecified atom stereocenters. The maximum atomic E-state index is 14.1. The van der Waals surface area contributed by atoms with Crippen LogP contribution in [0.15, 0.2) is 60.3 Å². The Bertz CT molecular complexity index is 1690. The van der Waals surface area contributed by atoms with Gasteiger partial charge in [-0.3, -0.25) is 9.36 Å². The average Bonchev–Trinajstić information content (AvgIpc) is 3.19. The SMILES string of the molecule is CCOC(=O)C1=C(C)N=c2s/c(=C/c3cc(Br)cc(Br)c3OC(C)C)c(=O)n2[C@H]1c1ccc(OC(C)C)c(OC)c1. The highest BCUT2D eigenvalue weighted by Gasteiger charge is 2.34. The predicted molar refractivity (Wildman–Crippen MR) is 167 cm³/mol. The first-order valence-corrected chi connectivity index (χ1v) is 15.5. The number of nitrogens with zero attached hydrogens (tertiary/aromatic N) is 2.